The number of piperidine rings is 1. The minimum atomic E-state index is -0.650. The van der Waals surface area contributed by atoms with Crippen LogP contribution >= 0.6 is 0 Å². The van der Waals surface area contributed by atoms with Crippen molar-refractivity contribution in [3.8, 4) is 0 Å². The minimum Gasteiger partial charge on any atom is -0.361 e. The van der Waals surface area contributed by atoms with Crippen molar-refractivity contribution in [2.45, 2.75) is 77.6 Å². The maximum atomic E-state index is 14.3. The summed E-state index contributed by atoms with van der Waals surface area (Å²) in [6.45, 7) is 12.3. The molecule has 0 radical (unpaired) electrons. The third-order valence-corrected chi connectivity index (χ3v) is 10.6. The maximum absolute atomic E-state index is 14.3. The lowest BCUT2D eigenvalue weighted by Crippen LogP contribution is -2.44. The van der Waals surface area contributed by atoms with Gasteiger partial charge in [0.1, 0.15) is 0 Å². The van der Waals surface area contributed by atoms with E-state index in [9.17, 15) is 19.7 Å². The molecule has 2 aliphatic rings. The van der Waals surface area contributed by atoms with Crippen molar-refractivity contribution in [2.24, 2.45) is 0 Å². The van der Waals surface area contributed by atoms with Gasteiger partial charge >= 0.3 is 0 Å². The lowest BCUT2D eigenvalue weighted by atomic mass is 9.68. The van der Waals surface area contributed by atoms with E-state index in [0.29, 0.717) is 49.2 Å². The number of carbonyl (C=O) groups is 2. The molecule has 0 saturated carbocycles. The van der Waals surface area contributed by atoms with E-state index in [1.807, 2.05) is 20.8 Å². The summed E-state index contributed by atoms with van der Waals surface area (Å²) in [5.74, 6) is -0.983. The highest BCUT2D eigenvalue weighted by Gasteiger charge is 2.40. The Morgan fingerprint density at radius 2 is 1.45 bits per heavy atom. The van der Waals surface area contributed by atoms with Crippen LogP contribution in [0.4, 0.5) is 5.69 Å². The van der Waals surface area contributed by atoms with Crippen LogP contribution in [0.3, 0.4) is 0 Å². The van der Waals surface area contributed by atoms with Crippen molar-refractivity contribution < 1.29 is 14.5 Å². The van der Waals surface area contributed by atoms with Crippen LogP contribution in [0.5, 0.6) is 0 Å². The van der Waals surface area contributed by atoms with Gasteiger partial charge in [-0.05, 0) is 82.3 Å². The number of dihydropyridines is 1. The summed E-state index contributed by atoms with van der Waals surface area (Å²) in [4.78, 5) is 43.8. The van der Waals surface area contributed by atoms with Crippen molar-refractivity contribution in [1.29, 1.82) is 0 Å². The molecular formula is C42H53N5O4. The van der Waals surface area contributed by atoms with Crippen LogP contribution in [0.15, 0.2) is 107 Å². The third-order valence-electron chi connectivity index (χ3n) is 10.6. The first-order chi connectivity index (χ1) is 24.8. The molecule has 2 N–H and O–H groups in total. The van der Waals surface area contributed by atoms with E-state index in [1.54, 1.807) is 17.0 Å². The van der Waals surface area contributed by atoms with Crippen molar-refractivity contribution >= 4 is 17.5 Å². The zero-order valence-electron chi connectivity index (χ0n) is 30.6. The van der Waals surface area contributed by atoms with Crippen molar-refractivity contribution in [3.05, 3.63) is 134 Å². The molecule has 9 heteroatoms. The standard InChI is InChI=1S/C42H53N5O4/c1-5-16-36-38(37(31-21-23-34(24-22-31)47(50)51)39(35(6-2)44-36)41(49)46(7-3)8-4)40(48)43-27-15-28-45-29-25-42(26-30-45,32-17-11-9-12-18-32)33-19-13-10-14-20-33/h9-14,17-24,37,44H,5-8,15-16,25-30H2,1-4H3,(H,43,48). The second kappa shape index (κ2) is 17.4. The van der Waals surface area contributed by atoms with Crippen molar-refractivity contribution in [2.75, 3.05) is 39.3 Å². The summed E-state index contributed by atoms with van der Waals surface area (Å²) in [7, 11) is 0. The molecule has 3 aromatic rings. The molecule has 2 heterocycles. The highest BCUT2D eigenvalue weighted by atomic mass is 16.6. The largest absolute Gasteiger partial charge is 0.361 e. The molecule has 0 bridgehead atoms. The molecule has 9 nitrogen and oxygen atoms in total. The van der Waals surface area contributed by atoms with Gasteiger partial charge in [0, 0.05) is 65.6 Å². The van der Waals surface area contributed by atoms with E-state index in [1.165, 1.54) is 23.3 Å². The monoisotopic (exact) mass is 691 g/mol. The number of hydrogen-bond acceptors (Lipinski definition) is 6. The first-order valence-electron chi connectivity index (χ1n) is 18.7. The molecule has 3 aromatic carbocycles. The Hall–Kier alpha value is -4.76. The predicted molar refractivity (Wildman–Crippen MR) is 203 cm³/mol. The number of nitro groups is 1. The molecule has 1 atom stereocenters. The number of hydrogen-bond donors (Lipinski definition) is 2. The highest BCUT2D eigenvalue weighted by Crippen LogP contribution is 2.43. The molecule has 2 amide bonds. The molecule has 0 spiro atoms. The lowest BCUT2D eigenvalue weighted by Gasteiger charge is -2.43. The number of nitrogens with zero attached hydrogens (tertiary/aromatic N) is 3. The summed E-state index contributed by atoms with van der Waals surface area (Å²) < 4.78 is 0. The second-order valence-electron chi connectivity index (χ2n) is 13.5. The van der Waals surface area contributed by atoms with Crippen LogP contribution in [-0.2, 0) is 15.0 Å². The zero-order valence-corrected chi connectivity index (χ0v) is 30.6. The Bertz CT molecular complexity index is 1670. The summed E-state index contributed by atoms with van der Waals surface area (Å²) >= 11 is 0. The van der Waals surface area contributed by atoms with Crippen molar-refractivity contribution in [1.82, 2.24) is 20.4 Å². The fraction of sp³-hybridized carbons (Fsp3) is 0.429. The minimum absolute atomic E-state index is 0.0125. The number of nitrogens with one attached hydrogen (secondary N) is 2. The van der Waals surface area contributed by atoms with E-state index in [4.69, 9.17) is 0 Å². The average Bonchev–Trinajstić information content (AvgIpc) is 3.17. The zero-order chi connectivity index (χ0) is 36.4. The number of likely N-dealkylation sites (N-methyl/N-ethyl adjacent to an activating group) is 1. The molecule has 51 heavy (non-hydrogen) atoms. The van der Waals surface area contributed by atoms with E-state index in [2.05, 4.69) is 83.1 Å². The van der Waals surface area contributed by atoms with Gasteiger partial charge in [0.2, 0.25) is 5.91 Å². The SMILES string of the molecule is CCCC1=C(C(=O)NCCCN2CCC(c3ccccc3)(c3ccccc3)CC2)C(c2ccc([N+](=O)[O-])cc2)C(C(=O)N(CC)CC)=C(CC)N1. The van der Waals surface area contributed by atoms with Gasteiger partial charge in [-0.25, -0.2) is 0 Å². The number of carbonyl (C=O) groups excluding carboxylic acids is 2. The van der Waals surface area contributed by atoms with Crippen molar-refractivity contribution in [3.63, 3.8) is 0 Å². The van der Waals surface area contributed by atoms with E-state index < -0.39 is 10.8 Å². The number of benzene rings is 3. The highest BCUT2D eigenvalue weighted by molar-refractivity contribution is 6.04. The first kappa shape index (κ1) is 37.5. The summed E-state index contributed by atoms with van der Waals surface area (Å²) in [6, 6.07) is 28.0. The van der Waals surface area contributed by atoms with Crippen LogP contribution in [0.25, 0.3) is 0 Å². The Balaban J connectivity index is 1.33. The summed E-state index contributed by atoms with van der Waals surface area (Å²) in [5.41, 5.74) is 6.03. The van der Waals surface area contributed by atoms with Crippen LogP contribution < -0.4 is 10.6 Å². The molecule has 0 aliphatic carbocycles. The van der Waals surface area contributed by atoms with Gasteiger partial charge in [-0.2, -0.15) is 0 Å². The van der Waals surface area contributed by atoms with Crippen LogP contribution in [-0.4, -0.2) is 65.8 Å². The first-order valence-corrected chi connectivity index (χ1v) is 18.7. The topological polar surface area (TPSA) is 108 Å². The van der Waals surface area contributed by atoms with E-state index >= 15 is 0 Å². The fourth-order valence-corrected chi connectivity index (χ4v) is 7.88. The number of allylic oxidation sites excluding steroid dienone is 2. The lowest BCUT2D eigenvalue weighted by molar-refractivity contribution is -0.384. The van der Waals surface area contributed by atoms with E-state index in [-0.39, 0.29) is 22.9 Å². The molecule has 5 rings (SSSR count). The van der Waals surface area contributed by atoms with Gasteiger partial charge in [0.25, 0.3) is 11.6 Å². The quantitative estimate of drug-likeness (QED) is 0.0974. The number of amides is 2. The average molecular weight is 692 g/mol. The van der Waals surface area contributed by atoms with Crippen LogP contribution in [0, 0.1) is 10.1 Å². The Kier molecular flexibility index (Phi) is 12.8. The molecule has 270 valence electrons. The number of rotatable bonds is 15. The van der Waals surface area contributed by atoms with Gasteiger partial charge in [-0.3, -0.25) is 19.7 Å². The van der Waals surface area contributed by atoms with Gasteiger partial charge < -0.3 is 20.4 Å². The van der Waals surface area contributed by atoms with Crippen LogP contribution in [0.2, 0.25) is 0 Å². The van der Waals surface area contributed by atoms with Gasteiger partial charge in [-0.1, -0.05) is 93.1 Å². The Labute approximate surface area is 303 Å². The predicted octanol–water partition coefficient (Wildman–Crippen LogP) is 7.46. The van der Waals surface area contributed by atoms with Crippen LogP contribution in [0.1, 0.15) is 88.8 Å². The number of likely N-dealkylation sites (tertiary alicyclic amines) is 1. The molecular weight excluding hydrogens is 638 g/mol. The van der Waals surface area contributed by atoms with Gasteiger partial charge in [0.15, 0.2) is 0 Å². The van der Waals surface area contributed by atoms with Gasteiger partial charge in [-0.15, -0.1) is 0 Å². The molecule has 1 fully saturated rings. The smallest absolute Gasteiger partial charge is 0.269 e. The normalized spacial score (nSPS) is 17.5. The molecule has 1 unspecified atom stereocenters. The molecule has 0 aromatic heterocycles. The second-order valence-corrected chi connectivity index (χ2v) is 13.5. The number of nitro benzene ring substituents is 1. The molecule has 2 aliphatic heterocycles. The third kappa shape index (κ3) is 8.25. The molecule has 1 saturated heterocycles. The number of non-ortho nitro benzene ring substituents is 1. The Morgan fingerprint density at radius 3 is 1.96 bits per heavy atom. The van der Waals surface area contributed by atoms with Gasteiger partial charge in [0.05, 0.1) is 4.92 Å². The van der Waals surface area contributed by atoms with E-state index in [0.717, 1.165) is 56.7 Å². The maximum Gasteiger partial charge on any atom is 0.269 e. The summed E-state index contributed by atoms with van der Waals surface area (Å²) in [5, 5.41) is 18.2. The summed E-state index contributed by atoms with van der Waals surface area (Å²) in [6.07, 6.45) is 4.88. The fourth-order valence-electron chi connectivity index (χ4n) is 7.88. The Morgan fingerprint density at radius 1 is 0.863 bits per heavy atom.